The molecule has 0 saturated carbocycles. The van der Waals surface area contributed by atoms with E-state index in [9.17, 15) is 15.0 Å². The second-order valence-electron chi connectivity index (χ2n) is 8.56. The number of aliphatic hydroxyl groups excluding tert-OH is 2. The van der Waals surface area contributed by atoms with Crippen molar-refractivity contribution in [1.82, 2.24) is 19.9 Å². The van der Waals surface area contributed by atoms with Crippen LogP contribution in [0.15, 0.2) is 23.2 Å². The van der Waals surface area contributed by atoms with Gasteiger partial charge in [0.1, 0.15) is 11.2 Å². The molecule has 2 unspecified atom stereocenters. The number of nitrogens with one attached hydrogen (secondary N) is 1. The monoisotopic (exact) mass is 501 g/mol. The molecule has 12 heteroatoms. The molecule has 0 spiro atoms. The van der Waals surface area contributed by atoms with Gasteiger partial charge in [0.05, 0.1) is 12.1 Å². The molecule has 34 heavy (non-hydrogen) atoms. The fourth-order valence-corrected chi connectivity index (χ4v) is 6.12. The smallest absolute Gasteiger partial charge is 0.230 e. The molecule has 2 aliphatic rings. The Labute approximate surface area is 205 Å². The van der Waals surface area contributed by atoms with E-state index in [0.29, 0.717) is 16.4 Å². The standard InChI is InChI=1S/C22H27N7O3S2/c1-27-18(31)17-13(11-33-19(17)28(2)22(27)32)8-16(30)26-21-25-15(12-34-21)14-9-23-20(24-10-14)29-6-4-3-5-7-29/h9-12,18,22,31-32H,3-8H2,1-2H3,(H,25,26,30). The van der Waals surface area contributed by atoms with Crippen LogP contribution in [0.1, 0.15) is 36.6 Å². The average molecular weight is 502 g/mol. The molecule has 0 aliphatic carbocycles. The van der Waals surface area contributed by atoms with E-state index in [-0.39, 0.29) is 12.3 Å². The first kappa shape index (κ1) is 23.1. The molecule has 0 radical (unpaired) electrons. The zero-order valence-electron chi connectivity index (χ0n) is 19.0. The van der Waals surface area contributed by atoms with Crippen molar-refractivity contribution >= 4 is 44.7 Å². The molecule has 180 valence electrons. The molecule has 1 saturated heterocycles. The largest absolute Gasteiger partial charge is 0.374 e. The normalized spacial score (nSPS) is 20.9. The Kier molecular flexibility index (Phi) is 6.49. The number of anilines is 3. The van der Waals surface area contributed by atoms with Crippen LogP contribution in [0.4, 0.5) is 16.1 Å². The van der Waals surface area contributed by atoms with Crippen LogP contribution in [0.2, 0.25) is 0 Å². The summed E-state index contributed by atoms with van der Waals surface area (Å²) in [5.74, 6) is 0.527. The molecule has 3 aromatic heterocycles. The maximum Gasteiger partial charge on any atom is 0.230 e. The van der Waals surface area contributed by atoms with Gasteiger partial charge in [-0.3, -0.25) is 4.79 Å². The van der Waals surface area contributed by atoms with Crippen LogP contribution in [-0.2, 0) is 11.2 Å². The Bertz CT molecular complexity index is 1160. The highest BCUT2D eigenvalue weighted by atomic mass is 32.1. The molecule has 3 N–H and O–H groups in total. The van der Waals surface area contributed by atoms with E-state index in [1.54, 1.807) is 31.4 Å². The van der Waals surface area contributed by atoms with Gasteiger partial charge in [0.25, 0.3) is 0 Å². The summed E-state index contributed by atoms with van der Waals surface area (Å²) >= 11 is 2.74. The first-order valence-corrected chi connectivity index (χ1v) is 12.9. The Balaban J connectivity index is 1.24. The molecule has 3 aromatic rings. The fraction of sp³-hybridized carbons (Fsp3) is 0.455. The van der Waals surface area contributed by atoms with Gasteiger partial charge in [-0.25, -0.2) is 19.9 Å². The maximum absolute atomic E-state index is 12.7. The summed E-state index contributed by atoms with van der Waals surface area (Å²) in [7, 11) is 3.39. The first-order chi connectivity index (χ1) is 16.4. The van der Waals surface area contributed by atoms with Crippen LogP contribution < -0.4 is 15.1 Å². The average Bonchev–Trinajstić information content (AvgIpc) is 3.49. The molecule has 10 nitrogen and oxygen atoms in total. The van der Waals surface area contributed by atoms with Crippen molar-refractivity contribution in [3.8, 4) is 11.3 Å². The second kappa shape index (κ2) is 9.55. The van der Waals surface area contributed by atoms with Gasteiger partial charge in [0, 0.05) is 49.0 Å². The van der Waals surface area contributed by atoms with Gasteiger partial charge in [-0.15, -0.1) is 22.7 Å². The molecule has 1 fully saturated rings. The molecule has 5 rings (SSSR count). The van der Waals surface area contributed by atoms with Gasteiger partial charge in [0.15, 0.2) is 11.5 Å². The minimum Gasteiger partial charge on any atom is -0.374 e. The number of aliphatic hydroxyl groups is 2. The minimum atomic E-state index is -0.977. The molecule has 0 aromatic carbocycles. The Hall–Kier alpha value is -2.64. The summed E-state index contributed by atoms with van der Waals surface area (Å²) in [6.45, 7) is 1.98. The lowest BCUT2D eigenvalue weighted by Gasteiger charge is -2.40. The Morgan fingerprint density at radius 2 is 1.85 bits per heavy atom. The van der Waals surface area contributed by atoms with Crippen LogP contribution in [-0.4, -0.2) is 69.5 Å². The van der Waals surface area contributed by atoms with Gasteiger partial charge in [0.2, 0.25) is 11.9 Å². The van der Waals surface area contributed by atoms with Crippen molar-refractivity contribution in [3.05, 3.63) is 34.3 Å². The zero-order chi connectivity index (χ0) is 23.8. The molecule has 2 atom stereocenters. The van der Waals surface area contributed by atoms with E-state index in [1.807, 2.05) is 10.8 Å². The number of hydrogen-bond acceptors (Lipinski definition) is 11. The van der Waals surface area contributed by atoms with Gasteiger partial charge in [-0.05, 0) is 37.3 Å². The maximum atomic E-state index is 12.7. The number of rotatable bonds is 5. The Morgan fingerprint density at radius 1 is 1.12 bits per heavy atom. The number of aromatic nitrogens is 3. The van der Waals surface area contributed by atoms with Crippen LogP contribution in [0.3, 0.4) is 0 Å². The fourth-order valence-electron chi connectivity index (χ4n) is 4.30. The minimum absolute atomic E-state index is 0.100. The number of thiophene rings is 1. The Morgan fingerprint density at radius 3 is 2.59 bits per heavy atom. The van der Waals surface area contributed by atoms with Crippen LogP contribution in [0.5, 0.6) is 0 Å². The quantitative estimate of drug-likeness (QED) is 0.485. The number of thiazole rings is 1. The molecular weight excluding hydrogens is 474 g/mol. The summed E-state index contributed by atoms with van der Waals surface area (Å²) in [5.41, 5.74) is 2.90. The third-order valence-corrected chi connectivity index (χ3v) is 8.13. The van der Waals surface area contributed by atoms with E-state index in [1.165, 1.54) is 46.8 Å². The lowest BCUT2D eigenvalue weighted by Crippen LogP contribution is -2.50. The SMILES string of the molecule is CN1c2scc(CC(=O)Nc3nc(-c4cnc(N5CCCCC5)nc4)cs3)c2C(O)N(C)C1O. The lowest BCUT2D eigenvalue weighted by molar-refractivity contribution is -0.115. The van der Waals surface area contributed by atoms with Crippen LogP contribution in [0, 0.1) is 0 Å². The molecule has 5 heterocycles. The third kappa shape index (κ3) is 4.39. The van der Waals surface area contributed by atoms with Crippen LogP contribution >= 0.6 is 22.7 Å². The summed E-state index contributed by atoms with van der Waals surface area (Å²) in [6, 6.07) is 0. The number of carbonyl (C=O) groups is 1. The second-order valence-corrected chi connectivity index (χ2v) is 10.3. The van der Waals surface area contributed by atoms with E-state index in [4.69, 9.17) is 0 Å². The summed E-state index contributed by atoms with van der Waals surface area (Å²) < 4.78 is 0. The lowest BCUT2D eigenvalue weighted by atomic mass is 10.1. The molecule has 2 aliphatic heterocycles. The molecule has 1 amide bonds. The van der Waals surface area contributed by atoms with Gasteiger partial charge in [-0.1, -0.05) is 0 Å². The van der Waals surface area contributed by atoms with Crippen LogP contribution in [0.25, 0.3) is 11.3 Å². The van der Waals surface area contributed by atoms with Crippen molar-refractivity contribution in [2.75, 3.05) is 42.3 Å². The highest BCUT2D eigenvalue weighted by Gasteiger charge is 2.36. The summed E-state index contributed by atoms with van der Waals surface area (Å²) in [5, 5.41) is 28.7. The summed E-state index contributed by atoms with van der Waals surface area (Å²) in [4.78, 5) is 31.6. The predicted molar refractivity (Wildman–Crippen MR) is 133 cm³/mol. The van der Waals surface area contributed by atoms with Gasteiger partial charge in [-0.2, -0.15) is 0 Å². The van der Waals surface area contributed by atoms with E-state index < -0.39 is 12.6 Å². The van der Waals surface area contributed by atoms with Crippen molar-refractivity contribution in [3.63, 3.8) is 0 Å². The van der Waals surface area contributed by atoms with Crippen molar-refractivity contribution in [2.24, 2.45) is 0 Å². The third-order valence-electron chi connectivity index (χ3n) is 6.24. The molecule has 0 bridgehead atoms. The summed E-state index contributed by atoms with van der Waals surface area (Å²) in [6.07, 6.45) is 5.35. The van der Waals surface area contributed by atoms with Crippen molar-refractivity contribution in [1.29, 1.82) is 0 Å². The number of hydrogen-bond donors (Lipinski definition) is 3. The number of carbonyl (C=O) groups excluding carboxylic acids is 1. The molecular formula is C22H27N7O3S2. The van der Waals surface area contributed by atoms with Crippen molar-refractivity contribution in [2.45, 2.75) is 38.3 Å². The number of amides is 1. The van der Waals surface area contributed by atoms with Gasteiger partial charge >= 0.3 is 0 Å². The van der Waals surface area contributed by atoms with Crippen molar-refractivity contribution < 1.29 is 15.0 Å². The topological polar surface area (TPSA) is 118 Å². The van der Waals surface area contributed by atoms with E-state index in [2.05, 4.69) is 25.2 Å². The number of nitrogens with zero attached hydrogens (tertiary/aromatic N) is 6. The van der Waals surface area contributed by atoms with E-state index in [0.717, 1.165) is 35.2 Å². The van der Waals surface area contributed by atoms with Gasteiger partial charge < -0.3 is 25.3 Å². The number of piperidine rings is 1. The number of fused-ring (bicyclic) bond motifs is 1. The highest BCUT2D eigenvalue weighted by molar-refractivity contribution is 7.14. The van der Waals surface area contributed by atoms with E-state index >= 15 is 0 Å². The first-order valence-electron chi connectivity index (χ1n) is 11.2. The highest BCUT2D eigenvalue weighted by Crippen LogP contribution is 2.42. The zero-order valence-corrected chi connectivity index (χ0v) is 20.6. The predicted octanol–water partition coefficient (Wildman–Crippen LogP) is 2.48.